The summed E-state index contributed by atoms with van der Waals surface area (Å²) in [6.45, 7) is 4.58. The molecule has 0 radical (unpaired) electrons. The van der Waals surface area contributed by atoms with Crippen LogP contribution in [0.15, 0.2) is 169 Å². The molecule has 1 heterocycles. The van der Waals surface area contributed by atoms with E-state index in [1.807, 2.05) is 84.9 Å². The van der Waals surface area contributed by atoms with Crippen LogP contribution in [0.1, 0.15) is 52.7 Å². The molecule has 0 aliphatic carbocycles. The zero-order chi connectivity index (χ0) is 37.3. The van der Waals surface area contributed by atoms with Crippen LogP contribution in [0.3, 0.4) is 0 Å². The van der Waals surface area contributed by atoms with Crippen LogP contribution in [-0.4, -0.2) is 31.1 Å². The van der Waals surface area contributed by atoms with Crippen LogP contribution >= 0.6 is 0 Å². The minimum Gasteiger partial charge on any atom is -0.392 e. The molecule has 1 aliphatic heterocycles. The Hall–Kier alpha value is -4.93. The van der Waals surface area contributed by atoms with E-state index < -0.39 is 16.3 Å². The number of hydrogen-bond donors (Lipinski definition) is 2. The molecule has 1 fully saturated rings. The minimum atomic E-state index is -3.66. The molecule has 6 aromatic carbocycles. The van der Waals surface area contributed by atoms with Crippen molar-refractivity contribution in [2.24, 2.45) is 5.92 Å². The highest BCUT2D eigenvalue weighted by atomic mass is 32.2. The predicted molar refractivity (Wildman–Crippen MR) is 212 cm³/mol. The molecule has 6 aromatic rings. The Balaban J connectivity index is 1.14. The molecule has 7 rings (SSSR count). The summed E-state index contributed by atoms with van der Waals surface area (Å²) in [6, 6.07) is 53.5. The molecule has 54 heavy (non-hydrogen) atoms. The maximum absolute atomic E-state index is 13.0. The van der Waals surface area contributed by atoms with Gasteiger partial charge in [0.15, 0.2) is 6.29 Å². The van der Waals surface area contributed by atoms with E-state index >= 15 is 0 Å². The van der Waals surface area contributed by atoms with Gasteiger partial charge in [-0.3, -0.25) is 4.90 Å². The number of rotatable bonds is 14. The lowest BCUT2D eigenvalue weighted by atomic mass is 9.89. The van der Waals surface area contributed by atoms with E-state index in [9.17, 15) is 13.5 Å². The van der Waals surface area contributed by atoms with Crippen LogP contribution in [-0.2, 0) is 45.7 Å². The minimum absolute atomic E-state index is 0.0158. The summed E-state index contributed by atoms with van der Waals surface area (Å²) in [5.41, 5.74) is 8.04. The average Bonchev–Trinajstić information content (AvgIpc) is 3.22. The van der Waals surface area contributed by atoms with E-state index in [-0.39, 0.29) is 36.2 Å². The average molecular weight is 739 g/mol. The lowest BCUT2D eigenvalue weighted by molar-refractivity contribution is -0.276. The van der Waals surface area contributed by atoms with Crippen LogP contribution in [0.4, 0.5) is 0 Å². The van der Waals surface area contributed by atoms with Crippen molar-refractivity contribution in [2.45, 2.75) is 56.6 Å². The van der Waals surface area contributed by atoms with Gasteiger partial charge >= 0.3 is 0 Å². The first-order valence-electron chi connectivity index (χ1n) is 18.4. The Morgan fingerprint density at radius 3 is 1.80 bits per heavy atom. The molecule has 2 N–H and O–H groups in total. The number of ether oxygens (including phenoxy) is 2. The molecule has 7 nitrogen and oxygen atoms in total. The van der Waals surface area contributed by atoms with Gasteiger partial charge in [-0.05, 0) is 51.1 Å². The monoisotopic (exact) mass is 738 g/mol. The van der Waals surface area contributed by atoms with Crippen LogP contribution in [0.2, 0.25) is 0 Å². The molecule has 0 spiro atoms. The van der Waals surface area contributed by atoms with Gasteiger partial charge in [0.2, 0.25) is 10.0 Å². The largest absolute Gasteiger partial charge is 0.392 e. The lowest BCUT2D eigenvalue weighted by Crippen LogP contribution is -2.44. The quantitative estimate of drug-likeness (QED) is 0.116. The Kier molecular flexibility index (Phi) is 12.1. The third kappa shape index (κ3) is 9.22. The Morgan fingerprint density at radius 2 is 1.19 bits per heavy atom. The third-order valence-electron chi connectivity index (χ3n) is 10.1. The van der Waals surface area contributed by atoms with E-state index in [1.54, 1.807) is 30.3 Å². The topological polar surface area (TPSA) is 88.1 Å². The first kappa shape index (κ1) is 37.4. The summed E-state index contributed by atoms with van der Waals surface area (Å²) in [7, 11) is -3.66. The van der Waals surface area contributed by atoms with Crippen molar-refractivity contribution in [1.82, 2.24) is 9.62 Å². The second-order valence-electron chi connectivity index (χ2n) is 13.9. The molecule has 0 bridgehead atoms. The second-order valence-corrected chi connectivity index (χ2v) is 15.6. The second kappa shape index (κ2) is 17.5. The number of aliphatic hydroxyl groups excluding tert-OH is 1. The fourth-order valence-corrected chi connectivity index (χ4v) is 8.11. The molecule has 0 amide bonds. The zero-order valence-electron chi connectivity index (χ0n) is 30.4. The maximum atomic E-state index is 13.0. The van der Waals surface area contributed by atoms with E-state index in [0.717, 1.165) is 46.5 Å². The van der Waals surface area contributed by atoms with Crippen molar-refractivity contribution >= 4 is 10.0 Å². The number of nitrogens with zero attached hydrogens (tertiary/aromatic N) is 1. The van der Waals surface area contributed by atoms with Gasteiger partial charge in [-0.25, -0.2) is 13.1 Å². The normalized spacial score (nSPS) is 18.8. The van der Waals surface area contributed by atoms with Crippen molar-refractivity contribution in [2.75, 3.05) is 6.54 Å². The molecule has 0 aromatic heterocycles. The van der Waals surface area contributed by atoms with Crippen molar-refractivity contribution in [3.8, 4) is 11.1 Å². The molecule has 1 saturated heterocycles. The van der Waals surface area contributed by atoms with E-state index in [4.69, 9.17) is 9.47 Å². The van der Waals surface area contributed by atoms with Gasteiger partial charge in [0.25, 0.3) is 0 Å². The summed E-state index contributed by atoms with van der Waals surface area (Å²) in [5, 5.41) is 9.71. The van der Waals surface area contributed by atoms with Crippen molar-refractivity contribution in [1.29, 1.82) is 0 Å². The highest BCUT2D eigenvalue weighted by molar-refractivity contribution is 7.89. The van der Waals surface area contributed by atoms with Crippen molar-refractivity contribution in [3.05, 3.63) is 197 Å². The first-order chi connectivity index (χ1) is 26.4. The van der Waals surface area contributed by atoms with E-state index in [2.05, 4.69) is 65.1 Å². The van der Waals surface area contributed by atoms with Crippen LogP contribution < -0.4 is 4.72 Å². The number of sulfonamides is 1. The summed E-state index contributed by atoms with van der Waals surface area (Å²) < 4.78 is 42.4. The van der Waals surface area contributed by atoms with E-state index in [1.165, 1.54) is 11.1 Å². The molecule has 1 aliphatic rings. The van der Waals surface area contributed by atoms with Gasteiger partial charge in [-0.1, -0.05) is 159 Å². The van der Waals surface area contributed by atoms with Gasteiger partial charge in [0.1, 0.15) is 0 Å². The molecule has 8 heteroatoms. The zero-order valence-corrected chi connectivity index (χ0v) is 31.2. The molecule has 276 valence electrons. The first-order valence-corrected chi connectivity index (χ1v) is 19.9. The van der Waals surface area contributed by atoms with Gasteiger partial charge < -0.3 is 14.6 Å². The van der Waals surface area contributed by atoms with Gasteiger partial charge in [-0.2, -0.15) is 0 Å². The molecule has 4 unspecified atom stereocenters. The van der Waals surface area contributed by atoms with Crippen molar-refractivity contribution < 1.29 is 23.0 Å². The van der Waals surface area contributed by atoms with Crippen LogP contribution in [0, 0.1) is 5.92 Å². The number of nitrogens with one attached hydrogen (secondary N) is 1. The Bertz CT molecular complexity index is 2140. The fraction of sp³-hybridized carbons (Fsp3) is 0.217. The number of benzene rings is 6. The fourth-order valence-electron chi connectivity index (χ4n) is 7.08. The molecule has 0 saturated carbocycles. The third-order valence-corrected chi connectivity index (χ3v) is 11.5. The smallest absolute Gasteiger partial charge is 0.240 e. The predicted octanol–water partition coefficient (Wildman–Crippen LogP) is 8.82. The number of hydrogen-bond acceptors (Lipinski definition) is 6. The maximum Gasteiger partial charge on any atom is 0.240 e. The van der Waals surface area contributed by atoms with Crippen LogP contribution in [0.5, 0.6) is 0 Å². The molecule has 4 atom stereocenters. The lowest BCUT2D eigenvalue weighted by Gasteiger charge is -2.43. The highest BCUT2D eigenvalue weighted by Gasteiger charge is 2.39. The van der Waals surface area contributed by atoms with Gasteiger partial charge in [0, 0.05) is 37.7 Å². The standard InChI is InChI=1S/C46H46N2O5S/c1-34-44(32-48(30-35-13-5-2-6-14-35)31-36-15-7-3-8-16-36)52-46(53-45(34)39-23-21-37(33-49)22-24-39)40-27-25-38(26-28-40)43-20-12-11-17-41(43)29-47-54(50,51)42-18-9-4-10-19-42/h2-28,34,44-47,49H,29-33H2,1H3. The summed E-state index contributed by atoms with van der Waals surface area (Å²) in [5.74, 6) is 0.0288. The van der Waals surface area contributed by atoms with Gasteiger partial charge in [0.05, 0.1) is 23.7 Å². The summed E-state index contributed by atoms with van der Waals surface area (Å²) in [4.78, 5) is 2.68. The van der Waals surface area contributed by atoms with Crippen LogP contribution in [0.25, 0.3) is 11.1 Å². The Labute approximate surface area is 318 Å². The molecular weight excluding hydrogens is 693 g/mol. The Morgan fingerprint density at radius 1 is 0.630 bits per heavy atom. The summed E-state index contributed by atoms with van der Waals surface area (Å²) >= 11 is 0. The summed E-state index contributed by atoms with van der Waals surface area (Å²) in [6.07, 6.45) is -1.02. The molecular formula is C46H46N2O5S. The van der Waals surface area contributed by atoms with Gasteiger partial charge in [-0.15, -0.1) is 0 Å². The van der Waals surface area contributed by atoms with E-state index in [0.29, 0.717) is 6.54 Å². The highest BCUT2D eigenvalue weighted by Crippen LogP contribution is 2.42. The number of aliphatic hydroxyl groups is 1. The van der Waals surface area contributed by atoms with Crippen molar-refractivity contribution in [3.63, 3.8) is 0 Å². The SMILES string of the molecule is CC1C(CN(Cc2ccccc2)Cc2ccccc2)OC(c2ccc(-c3ccccc3CNS(=O)(=O)c3ccccc3)cc2)OC1c1ccc(CO)cc1.